The highest BCUT2D eigenvalue weighted by Gasteiger charge is 2.13. The van der Waals surface area contributed by atoms with Crippen LogP contribution in [-0.2, 0) is 17.8 Å². The van der Waals surface area contributed by atoms with Crippen LogP contribution >= 0.6 is 11.6 Å². The number of carbonyl (C=O) groups excluding carboxylic acids is 1. The van der Waals surface area contributed by atoms with E-state index >= 15 is 0 Å². The van der Waals surface area contributed by atoms with Crippen molar-refractivity contribution in [3.05, 3.63) is 106 Å². The van der Waals surface area contributed by atoms with Gasteiger partial charge in [-0.15, -0.1) is 0 Å². The quantitative estimate of drug-likeness (QED) is 0.317. The van der Waals surface area contributed by atoms with E-state index in [0.717, 1.165) is 33.3 Å². The van der Waals surface area contributed by atoms with Crippen LogP contribution in [0.2, 0.25) is 5.02 Å². The van der Waals surface area contributed by atoms with Gasteiger partial charge >= 0.3 is 0 Å². The number of para-hydroxylation sites is 1. The zero-order valence-corrected chi connectivity index (χ0v) is 17.7. The van der Waals surface area contributed by atoms with E-state index in [4.69, 9.17) is 11.6 Å². The molecule has 4 nitrogen and oxygen atoms in total. The van der Waals surface area contributed by atoms with Crippen LogP contribution in [0, 0.1) is 12.7 Å². The molecule has 4 rings (SSSR count). The lowest BCUT2D eigenvalue weighted by molar-refractivity contribution is -0.120. The molecule has 1 aromatic heterocycles. The van der Waals surface area contributed by atoms with Crippen molar-refractivity contribution in [3.63, 3.8) is 0 Å². The number of fused-ring (bicyclic) bond motifs is 1. The molecule has 0 aliphatic rings. The van der Waals surface area contributed by atoms with Crippen LogP contribution < -0.4 is 5.43 Å². The lowest BCUT2D eigenvalue weighted by atomic mass is 10.1. The maximum Gasteiger partial charge on any atom is 0.244 e. The number of benzene rings is 3. The normalized spacial score (nSPS) is 11.3. The summed E-state index contributed by atoms with van der Waals surface area (Å²) in [5.74, 6) is -0.585. The Kier molecular flexibility index (Phi) is 6.14. The number of rotatable bonds is 6. The second-order valence-electron chi connectivity index (χ2n) is 7.33. The van der Waals surface area contributed by atoms with Gasteiger partial charge in [0.15, 0.2) is 0 Å². The van der Waals surface area contributed by atoms with Crippen LogP contribution in [0.15, 0.2) is 77.9 Å². The smallest absolute Gasteiger partial charge is 0.244 e. The molecular formula is C25H21ClFN3O. The SMILES string of the molecule is Cc1c(/C=N/NC(=O)Cc2ccc(F)cc2)c2ccccc2n1Cc1ccc(Cl)cc1. The molecule has 4 aromatic rings. The molecule has 0 aliphatic heterocycles. The number of nitrogens with one attached hydrogen (secondary N) is 1. The number of hydrazone groups is 1. The molecule has 3 aromatic carbocycles. The van der Waals surface area contributed by atoms with Gasteiger partial charge in [0.2, 0.25) is 5.91 Å². The summed E-state index contributed by atoms with van der Waals surface area (Å²) in [4.78, 5) is 12.2. The van der Waals surface area contributed by atoms with Gasteiger partial charge in [-0.2, -0.15) is 5.10 Å². The lowest BCUT2D eigenvalue weighted by Gasteiger charge is -2.09. The van der Waals surface area contributed by atoms with E-state index in [-0.39, 0.29) is 18.1 Å². The topological polar surface area (TPSA) is 46.4 Å². The first-order valence-electron chi connectivity index (χ1n) is 9.90. The Morgan fingerprint density at radius 3 is 2.45 bits per heavy atom. The highest BCUT2D eigenvalue weighted by atomic mass is 35.5. The van der Waals surface area contributed by atoms with Gasteiger partial charge < -0.3 is 4.57 Å². The molecule has 0 unspecified atom stereocenters. The fourth-order valence-corrected chi connectivity index (χ4v) is 3.72. The molecule has 1 N–H and O–H groups in total. The Morgan fingerprint density at radius 1 is 1.03 bits per heavy atom. The summed E-state index contributed by atoms with van der Waals surface area (Å²) in [6.07, 6.45) is 1.81. The zero-order chi connectivity index (χ0) is 21.8. The molecule has 0 aliphatic carbocycles. The Bertz CT molecular complexity index is 1240. The molecule has 0 spiro atoms. The van der Waals surface area contributed by atoms with Gasteiger partial charge in [0.1, 0.15) is 5.82 Å². The summed E-state index contributed by atoms with van der Waals surface area (Å²) in [6.45, 7) is 2.74. The van der Waals surface area contributed by atoms with Gasteiger partial charge in [-0.1, -0.05) is 54.1 Å². The van der Waals surface area contributed by atoms with Gasteiger partial charge in [-0.3, -0.25) is 4.79 Å². The maximum absolute atomic E-state index is 13.0. The molecule has 1 amide bonds. The summed E-state index contributed by atoms with van der Waals surface area (Å²) in [7, 11) is 0. The van der Waals surface area contributed by atoms with Crippen molar-refractivity contribution in [3.8, 4) is 0 Å². The van der Waals surface area contributed by atoms with Crippen LogP contribution in [0.4, 0.5) is 4.39 Å². The Hall–Kier alpha value is -3.44. The first-order chi connectivity index (χ1) is 15.0. The summed E-state index contributed by atoms with van der Waals surface area (Å²) >= 11 is 6.01. The highest BCUT2D eigenvalue weighted by molar-refractivity contribution is 6.30. The Morgan fingerprint density at radius 2 is 1.71 bits per heavy atom. The van der Waals surface area contributed by atoms with Crippen molar-refractivity contribution in [2.45, 2.75) is 19.9 Å². The van der Waals surface area contributed by atoms with E-state index in [2.05, 4.69) is 21.2 Å². The summed E-state index contributed by atoms with van der Waals surface area (Å²) in [5, 5.41) is 5.94. The Balaban J connectivity index is 1.54. The van der Waals surface area contributed by atoms with Crippen LogP contribution in [0.25, 0.3) is 10.9 Å². The molecule has 0 fully saturated rings. The number of halogens is 2. The predicted octanol–water partition coefficient (Wildman–Crippen LogP) is 5.48. The number of carbonyl (C=O) groups is 1. The van der Waals surface area contributed by atoms with E-state index in [1.54, 1.807) is 18.3 Å². The number of hydrogen-bond acceptors (Lipinski definition) is 2. The maximum atomic E-state index is 13.0. The fourth-order valence-electron chi connectivity index (χ4n) is 3.59. The van der Waals surface area contributed by atoms with Gasteiger partial charge in [-0.25, -0.2) is 9.82 Å². The summed E-state index contributed by atoms with van der Waals surface area (Å²) in [5.41, 5.74) is 7.52. The minimum absolute atomic E-state index is 0.134. The number of amides is 1. The van der Waals surface area contributed by atoms with Gasteiger partial charge in [0, 0.05) is 33.7 Å². The molecule has 1 heterocycles. The largest absolute Gasteiger partial charge is 0.340 e. The van der Waals surface area contributed by atoms with Crippen LogP contribution in [0.5, 0.6) is 0 Å². The first-order valence-corrected chi connectivity index (χ1v) is 10.3. The van der Waals surface area contributed by atoms with E-state index in [0.29, 0.717) is 11.6 Å². The molecule has 0 radical (unpaired) electrons. The van der Waals surface area contributed by atoms with Crippen molar-refractivity contribution in [2.75, 3.05) is 0 Å². The predicted molar refractivity (Wildman–Crippen MR) is 123 cm³/mol. The third-order valence-corrected chi connectivity index (χ3v) is 5.45. The molecule has 0 bridgehead atoms. The van der Waals surface area contributed by atoms with Crippen molar-refractivity contribution in [2.24, 2.45) is 5.10 Å². The third kappa shape index (κ3) is 4.84. The van der Waals surface area contributed by atoms with Gasteiger partial charge in [0.25, 0.3) is 0 Å². The first kappa shape index (κ1) is 20.8. The van der Waals surface area contributed by atoms with Crippen molar-refractivity contribution >= 4 is 34.6 Å². The van der Waals surface area contributed by atoms with E-state index in [1.807, 2.05) is 49.4 Å². The van der Waals surface area contributed by atoms with Crippen molar-refractivity contribution in [1.29, 1.82) is 0 Å². The van der Waals surface area contributed by atoms with E-state index < -0.39 is 0 Å². The average molecular weight is 434 g/mol. The minimum atomic E-state index is -0.326. The summed E-state index contributed by atoms with van der Waals surface area (Å²) < 4.78 is 15.2. The summed E-state index contributed by atoms with van der Waals surface area (Å²) in [6, 6.07) is 21.8. The lowest BCUT2D eigenvalue weighted by Crippen LogP contribution is -2.19. The average Bonchev–Trinajstić information content (AvgIpc) is 3.03. The minimum Gasteiger partial charge on any atom is -0.340 e. The zero-order valence-electron chi connectivity index (χ0n) is 17.0. The second-order valence-corrected chi connectivity index (χ2v) is 7.76. The molecule has 6 heteroatoms. The number of aromatic nitrogens is 1. The van der Waals surface area contributed by atoms with Crippen LogP contribution in [0.3, 0.4) is 0 Å². The fraction of sp³-hybridized carbons (Fsp3) is 0.120. The molecule has 0 atom stereocenters. The van der Waals surface area contributed by atoms with Gasteiger partial charge in [-0.05, 0) is 48.4 Å². The standard InChI is InChI=1S/C25H21ClFN3O/c1-17-23(15-28-29-25(31)14-18-8-12-21(27)13-9-18)22-4-2-3-5-24(22)30(17)16-19-6-10-20(26)11-7-19/h2-13,15H,14,16H2,1H3,(H,29,31)/b28-15+. The number of hydrogen-bond donors (Lipinski definition) is 1. The Labute approximate surface area is 185 Å². The molecule has 0 saturated carbocycles. The second kappa shape index (κ2) is 9.14. The van der Waals surface area contributed by atoms with Crippen LogP contribution in [-0.4, -0.2) is 16.7 Å². The molecule has 31 heavy (non-hydrogen) atoms. The highest BCUT2D eigenvalue weighted by Crippen LogP contribution is 2.26. The van der Waals surface area contributed by atoms with E-state index in [1.165, 1.54) is 12.1 Å². The molecular weight excluding hydrogens is 413 g/mol. The van der Waals surface area contributed by atoms with Crippen LogP contribution in [0.1, 0.15) is 22.4 Å². The van der Waals surface area contributed by atoms with E-state index in [9.17, 15) is 9.18 Å². The third-order valence-electron chi connectivity index (χ3n) is 5.19. The van der Waals surface area contributed by atoms with Crippen molar-refractivity contribution in [1.82, 2.24) is 9.99 Å². The number of nitrogens with zero attached hydrogens (tertiary/aromatic N) is 2. The molecule has 156 valence electrons. The van der Waals surface area contributed by atoms with Gasteiger partial charge in [0.05, 0.1) is 12.6 Å². The monoisotopic (exact) mass is 433 g/mol. The van der Waals surface area contributed by atoms with Crippen molar-refractivity contribution < 1.29 is 9.18 Å². The molecule has 0 saturated heterocycles.